The molecule has 4 rings (SSSR count). The molecule has 1 fully saturated rings. The number of esters is 1. The van der Waals surface area contributed by atoms with Gasteiger partial charge in [-0.15, -0.1) is 0 Å². The third kappa shape index (κ3) is 6.57. The average molecular weight is 549 g/mol. The summed E-state index contributed by atoms with van der Waals surface area (Å²) in [6, 6.07) is 14.2. The van der Waals surface area contributed by atoms with Crippen molar-refractivity contribution >= 4 is 28.6 Å². The van der Waals surface area contributed by atoms with Crippen molar-refractivity contribution in [1.29, 1.82) is 0 Å². The fourth-order valence-corrected chi connectivity index (χ4v) is 6.37. The summed E-state index contributed by atoms with van der Waals surface area (Å²) < 4.78 is 11.0. The van der Waals surface area contributed by atoms with Gasteiger partial charge in [-0.3, -0.25) is 14.4 Å². The van der Waals surface area contributed by atoms with E-state index in [2.05, 4.69) is 50.4 Å². The highest BCUT2D eigenvalue weighted by Gasteiger charge is 2.57. The van der Waals surface area contributed by atoms with Crippen LogP contribution in [-0.4, -0.2) is 49.6 Å². The molecule has 1 aliphatic heterocycles. The molecule has 0 saturated carbocycles. The summed E-state index contributed by atoms with van der Waals surface area (Å²) in [5, 5.41) is 5.12. The lowest BCUT2D eigenvalue weighted by Gasteiger charge is -2.51. The first kappa shape index (κ1) is 29.8. The number of ether oxygens (including phenoxy) is 2. The van der Waals surface area contributed by atoms with Crippen LogP contribution >= 0.6 is 0 Å². The fourth-order valence-electron chi connectivity index (χ4n) is 6.37. The van der Waals surface area contributed by atoms with Crippen molar-refractivity contribution in [2.45, 2.75) is 72.3 Å². The Morgan fingerprint density at radius 1 is 1.07 bits per heavy atom. The van der Waals surface area contributed by atoms with Gasteiger partial charge in [0, 0.05) is 37.8 Å². The van der Waals surface area contributed by atoms with Gasteiger partial charge in [0.2, 0.25) is 11.8 Å². The van der Waals surface area contributed by atoms with E-state index in [1.165, 1.54) is 7.11 Å². The van der Waals surface area contributed by atoms with Gasteiger partial charge in [0.25, 0.3) is 0 Å². The molecule has 1 saturated heterocycles. The molecule has 2 aliphatic rings. The van der Waals surface area contributed by atoms with E-state index in [4.69, 9.17) is 9.47 Å². The van der Waals surface area contributed by atoms with E-state index in [0.717, 1.165) is 47.9 Å². The Bertz CT molecular complexity index is 1250. The number of piperidine rings is 1. The number of allylic oxidation sites excluding steroid dienone is 1. The summed E-state index contributed by atoms with van der Waals surface area (Å²) in [7, 11) is 1.41. The second-order valence-electron chi connectivity index (χ2n) is 12.0. The summed E-state index contributed by atoms with van der Waals surface area (Å²) in [4.78, 5) is 42.4. The monoisotopic (exact) mass is 548 g/mol. The number of fused-ring (bicyclic) bond motifs is 2. The molecule has 2 amide bonds. The number of carbonyl (C=O) groups excluding carboxylic acids is 3. The van der Waals surface area contributed by atoms with E-state index in [9.17, 15) is 14.4 Å². The second-order valence-corrected chi connectivity index (χ2v) is 12.0. The lowest BCUT2D eigenvalue weighted by molar-refractivity contribution is -0.162. The smallest absolute Gasteiger partial charge is 0.317 e. The van der Waals surface area contributed by atoms with Gasteiger partial charge in [-0.25, -0.2) is 0 Å². The standard InChI is InChI=1S/C33H44N2O5/c1-5-6-18-40-19-10-17-34-29(36)20-26-21-33(31(38)39-4)23-32(2,3)16-15-28(33)35(30(26)37)22-25-13-9-12-24-11-7-8-14-27(24)25/h7-9,11-15,26H,5-6,10,16-23H2,1-4H3,(H,34,36)/t26-,33+/m0/s1. The Balaban J connectivity index is 1.59. The summed E-state index contributed by atoms with van der Waals surface area (Å²) in [6.07, 6.45) is 6.51. The van der Waals surface area contributed by atoms with Gasteiger partial charge in [-0.1, -0.05) is 75.7 Å². The average Bonchev–Trinajstić information content (AvgIpc) is 2.94. The number of hydrogen-bond donors (Lipinski definition) is 1. The van der Waals surface area contributed by atoms with Gasteiger partial charge in [0.05, 0.1) is 13.7 Å². The molecule has 7 heteroatoms. The molecule has 1 aliphatic carbocycles. The van der Waals surface area contributed by atoms with Crippen LogP contribution in [0.2, 0.25) is 0 Å². The minimum atomic E-state index is -0.979. The molecule has 7 nitrogen and oxygen atoms in total. The highest BCUT2D eigenvalue weighted by Crippen LogP contribution is 2.55. The third-order valence-corrected chi connectivity index (χ3v) is 8.27. The number of nitrogens with one attached hydrogen (secondary N) is 1. The fraction of sp³-hybridized carbons (Fsp3) is 0.545. The largest absolute Gasteiger partial charge is 0.468 e. The number of carbonyl (C=O) groups is 3. The molecule has 1 heterocycles. The topological polar surface area (TPSA) is 84.9 Å². The van der Waals surface area contributed by atoms with E-state index in [1.807, 2.05) is 24.3 Å². The molecule has 0 spiro atoms. The van der Waals surface area contributed by atoms with Crippen LogP contribution < -0.4 is 5.32 Å². The number of unbranched alkanes of at least 4 members (excludes halogenated alkanes) is 1. The quantitative estimate of drug-likeness (QED) is 0.269. The summed E-state index contributed by atoms with van der Waals surface area (Å²) in [6.45, 7) is 8.55. The van der Waals surface area contributed by atoms with Crippen molar-refractivity contribution in [2.24, 2.45) is 16.7 Å². The maximum Gasteiger partial charge on any atom is 0.317 e. The van der Waals surface area contributed by atoms with E-state index in [1.54, 1.807) is 4.90 Å². The van der Waals surface area contributed by atoms with Crippen molar-refractivity contribution in [1.82, 2.24) is 10.2 Å². The molecule has 0 bridgehead atoms. The van der Waals surface area contributed by atoms with Crippen LogP contribution in [0, 0.1) is 16.7 Å². The molecular weight excluding hydrogens is 504 g/mol. The van der Waals surface area contributed by atoms with E-state index < -0.39 is 11.3 Å². The van der Waals surface area contributed by atoms with Gasteiger partial charge in [0.1, 0.15) is 5.41 Å². The minimum Gasteiger partial charge on any atom is -0.468 e. The van der Waals surface area contributed by atoms with E-state index >= 15 is 0 Å². The number of nitrogens with zero attached hydrogens (tertiary/aromatic N) is 1. The highest BCUT2D eigenvalue weighted by molar-refractivity contribution is 5.93. The van der Waals surface area contributed by atoms with Crippen molar-refractivity contribution in [2.75, 3.05) is 26.9 Å². The first-order chi connectivity index (χ1) is 19.2. The van der Waals surface area contributed by atoms with Crippen LogP contribution in [0.1, 0.15) is 71.3 Å². The highest BCUT2D eigenvalue weighted by atomic mass is 16.5. The number of benzene rings is 2. The molecular formula is C33H44N2O5. The number of likely N-dealkylation sites (tertiary alicyclic amines) is 1. The Labute approximate surface area is 238 Å². The molecule has 216 valence electrons. The van der Waals surface area contributed by atoms with Crippen LogP contribution in [0.4, 0.5) is 0 Å². The maximum atomic E-state index is 14.1. The van der Waals surface area contributed by atoms with E-state index in [-0.39, 0.29) is 36.0 Å². The summed E-state index contributed by atoms with van der Waals surface area (Å²) in [5.41, 5.74) is 0.600. The molecule has 0 radical (unpaired) electrons. The molecule has 0 aromatic heterocycles. The van der Waals surface area contributed by atoms with Crippen molar-refractivity contribution in [3.05, 3.63) is 59.8 Å². The summed E-state index contributed by atoms with van der Waals surface area (Å²) in [5.74, 6) is -1.26. The van der Waals surface area contributed by atoms with Gasteiger partial charge in [-0.05, 0) is 53.9 Å². The number of rotatable bonds is 12. The zero-order valence-electron chi connectivity index (χ0n) is 24.5. The van der Waals surface area contributed by atoms with Crippen molar-refractivity contribution in [3.8, 4) is 0 Å². The Hall–Kier alpha value is -3.19. The van der Waals surface area contributed by atoms with Crippen LogP contribution in [0.3, 0.4) is 0 Å². The lowest BCUT2D eigenvalue weighted by Crippen LogP contribution is -2.55. The molecule has 1 N–H and O–H groups in total. The van der Waals surface area contributed by atoms with E-state index in [0.29, 0.717) is 32.5 Å². The predicted octanol–water partition coefficient (Wildman–Crippen LogP) is 5.76. The molecule has 0 unspecified atom stereocenters. The maximum absolute atomic E-state index is 14.1. The van der Waals surface area contributed by atoms with Crippen molar-refractivity contribution < 1.29 is 23.9 Å². The summed E-state index contributed by atoms with van der Waals surface area (Å²) >= 11 is 0. The normalized spacial score (nSPS) is 22.0. The SMILES string of the molecule is CCCCOCCCNC(=O)C[C@H]1C[C@@]2(C(=O)OC)CC(C)(C)CC=C2N(Cc2cccc3ccccc23)C1=O. The van der Waals surface area contributed by atoms with Crippen LogP contribution in [-0.2, 0) is 30.4 Å². The lowest BCUT2D eigenvalue weighted by atomic mass is 9.59. The Kier molecular flexibility index (Phi) is 9.67. The third-order valence-electron chi connectivity index (χ3n) is 8.27. The van der Waals surface area contributed by atoms with Crippen LogP contribution in [0.25, 0.3) is 10.8 Å². The number of methoxy groups -OCH3 is 1. The first-order valence-corrected chi connectivity index (χ1v) is 14.6. The van der Waals surface area contributed by atoms with Crippen LogP contribution in [0.5, 0.6) is 0 Å². The number of hydrogen-bond acceptors (Lipinski definition) is 5. The van der Waals surface area contributed by atoms with Crippen LogP contribution in [0.15, 0.2) is 54.2 Å². The van der Waals surface area contributed by atoms with Crippen molar-refractivity contribution in [3.63, 3.8) is 0 Å². The molecule has 2 aromatic rings. The van der Waals surface area contributed by atoms with Gasteiger partial charge >= 0.3 is 5.97 Å². The minimum absolute atomic E-state index is 0.0357. The Morgan fingerprint density at radius 2 is 1.82 bits per heavy atom. The Morgan fingerprint density at radius 3 is 2.60 bits per heavy atom. The number of amides is 2. The zero-order chi connectivity index (χ0) is 28.8. The molecule has 2 aromatic carbocycles. The first-order valence-electron chi connectivity index (χ1n) is 14.6. The van der Waals surface area contributed by atoms with Gasteiger partial charge in [-0.2, -0.15) is 0 Å². The molecule has 40 heavy (non-hydrogen) atoms. The zero-order valence-corrected chi connectivity index (χ0v) is 24.5. The van der Waals surface area contributed by atoms with Gasteiger partial charge < -0.3 is 19.7 Å². The second kappa shape index (κ2) is 13.0. The predicted molar refractivity (Wildman–Crippen MR) is 156 cm³/mol. The molecule has 2 atom stereocenters. The van der Waals surface area contributed by atoms with Gasteiger partial charge in [0.15, 0.2) is 0 Å².